The number of piperidine rings is 1. The second-order valence-electron chi connectivity index (χ2n) is 5.47. The Morgan fingerprint density at radius 1 is 1.35 bits per heavy atom. The highest BCUT2D eigenvalue weighted by molar-refractivity contribution is 5.77. The van der Waals surface area contributed by atoms with E-state index in [4.69, 9.17) is 4.74 Å². The molecule has 0 bridgehead atoms. The number of para-hydroxylation sites is 1. The molecular formula is C16H22F2N2O3. The lowest BCUT2D eigenvalue weighted by molar-refractivity contribution is -0.128. The quantitative estimate of drug-likeness (QED) is 0.806. The minimum Gasteiger partial charge on any atom is -0.434 e. The number of hydrogen-bond donors (Lipinski definition) is 2. The number of nitrogens with one attached hydrogen (secondary N) is 2. The van der Waals surface area contributed by atoms with Crippen LogP contribution in [-0.2, 0) is 9.53 Å². The van der Waals surface area contributed by atoms with Gasteiger partial charge in [-0.1, -0.05) is 18.2 Å². The van der Waals surface area contributed by atoms with E-state index < -0.39 is 12.7 Å². The molecule has 1 aliphatic rings. The molecule has 1 atom stereocenters. The van der Waals surface area contributed by atoms with Gasteiger partial charge in [-0.3, -0.25) is 4.79 Å². The van der Waals surface area contributed by atoms with Crippen molar-refractivity contribution in [3.05, 3.63) is 29.8 Å². The Morgan fingerprint density at radius 2 is 2.04 bits per heavy atom. The summed E-state index contributed by atoms with van der Waals surface area (Å²) in [5, 5.41) is 5.97. The summed E-state index contributed by atoms with van der Waals surface area (Å²) in [7, 11) is 0. The van der Waals surface area contributed by atoms with Gasteiger partial charge in [0.1, 0.15) is 12.4 Å². The Balaban J connectivity index is 1.85. The van der Waals surface area contributed by atoms with Crippen molar-refractivity contribution < 1.29 is 23.0 Å². The van der Waals surface area contributed by atoms with Crippen LogP contribution in [0.15, 0.2) is 24.3 Å². The molecule has 23 heavy (non-hydrogen) atoms. The van der Waals surface area contributed by atoms with Gasteiger partial charge in [0.05, 0.1) is 12.1 Å². The van der Waals surface area contributed by atoms with Gasteiger partial charge in [-0.15, -0.1) is 0 Å². The lowest BCUT2D eigenvalue weighted by atomic mass is 10.1. The van der Waals surface area contributed by atoms with Gasteiger partial charge < -0.3 is 20.1 Å². The van der Waals surface area contributed by atoms with Crippen LogP contribution < -0.4 is 15.4 Å². The molecule has 0 aromatic heterocycles. The lowest BCUT2D eigenvalue weighted by Gasteiger charge is -2.23. The van der Waals surface area contributed by atoms with Crippen molar-refractivity contribution in [1.29, 1.82) is 0 Å². The van der Waals surface area contributed by atoms with Crippen molar-refractivity contribution in [2.24, 2.45) is 0 Å². The Bertz CT molecular complexity index is 508. The van der Waals surface area contributed by atoms with Crippen LogP contribution in [0.5, 0.6) is 5.75 Å². The summed E-state index contributed by atoms with van der Waals surface area (Å²) in [6, 6.07) is 5.97. The zero-order valence-electron chi connectivity index (χ0n) is 13.1. The SMILES string of the molecule is CC(NC(=O)COC1CCNCC1)c1ccccc1OC(F)F. The summed E-state index contributed by atoms with van der Waals surface area (Å²) in [5.74, 6) is -0.211. The first-order chi connectivity index (χ1) is 11.1. The number of carbonyl (C=O) groups is 1. The molecule has 128 valence electrons. The number of carbonyl (C=O) groups excluding carboxylic acids is 1. The molecule has 0 aliphatic carbocycles. The normalized spacial score (nSPS) is 17.0. The number of rotatable bonds is 7. The van der Waals surface area contributed by atoms with Crippen LogP contribution in [0.4, 0.5) is 8.78 Å². The smallest absolute Gasteiger partial charge is 0.387 e. The minimum atomic E-state index is -2.90. The molecular weight excluding hydrogens is 306 g/mol. The summed E-state index contributed by atoms with van der Waals surface area (Å²) in [6.45, 7) is 0.563. The third kappa shape index (κ3) is 5.76. The zero-order chi connectivity index (χ0) is 16.7. The van der Waals surface area contributed by atoms with Gasteiger partial charge in [-0.05, 0) is 38.9 Å². The highest BCUT2D eigenvalue weighted by Gasteiger charge is 2.18. The van der Waals surface area contributed by atoms with Gasteiger partial charge in [-0.2, -0.15) is 8.78 Å². The van der Waals surface area contributed by atoms with Crippen molar-refractivity contribution in [1.82, 2.24) is 10.6 Å². The second-order valence-corrected chi connectivity index (χ2v) is 5.47. The van der Waals surface area contributed by atoms with Crippen LogP contribution in [-0.4, -0.2) is 38.3 Å². The van der Waals surface area contributed by atoms with Crippen molar-refractivity contribution in [3.8, 4) is 5.75 Å². The topological polar surface area (TPSA) is 59.6 Å². The molecule has 0 spiro atoms. The van der Waals surface area contributed by atoms with Crippen LogP contribution in [0.2, 0.25) is 0 Å². The van der Waals surface area contributed by atoms with Gasteiger partial charge in [0.15, 0.2) is 0 Å². The molecule has 1 aromatic carbocycles. The Hall–Kier alpha value is -1.73. The first kappa shape index (κ1) is 17.6. The Morgan fingerprint density at radius 3 is 2.74 bits per heavy atom. The van der Waals surface area contributed by atoms with Gasteiger partial charge in [0, 0.05) is 5.56 Å². The fraction of sp³-hybridized carbons (Fsp3) is 0.562. The Kier molecular flexibility index (Phi) is 6.73. The van der Waals surface area contributed by atoms with E-state index in [1.165, 1.54) is 6.07 Å². The van der Waals surface area contributed by atoms with E-state index in [0.29, 0.717) is 5.56 Å². The molecule has 1 unspecified atom stereocenters. The average Bonchev–Trinajstić information content (AvgIpc) is 2.54. The maximum Gasteiger partial charge on any atom is 0.387 e. The molecule has 1 aliphatic heterocycles. The Labute approximate surface area is 134 Å². The summed E-state index contributed by atoms with van der Waals surface area (Å²) >= 11 is 0. The molecule has 0 saturated carbocycles. The fourth-order valence-corrected chi connectivity index (χ4v) is 2.56. The minimum absolute atomic E-state index is 0.0348. The standard InChI is InChI=1S/C16H22F2N2O3/c1-11(13-4-2-3-5-14(13)23-16(17)18)20-15(21)10-22-12-6-8-19-9-7-12/h2-5,11-12,16,19H,6-10H2,1H3,(H,20,21). The third-order valence-electron chi connectivity index (χ3n) is 3.72. The lowest BCUT2D eigenvalue weighted by Crippen LogP contribution is -2.36. The predicted octanol–water partition coefficient (Wildman–Crippen LogP) is 2.23. The van der Waals surface area contributed by atoms with Gasteiger partial charge in [0.2, 0.25) is 5.91 Å². The first-order valence-electron chi connectivity index (χ1n) is 7.71. The highest BCUT2D eigenvalue weighted by Crippen LogP contribution is 2.26. The summed E-state index contributed by atoms with van der Waals surface area (Å²) < 4.78 is 34.9. The van der Waals surface area contributed by atoms with E-state index in [-0.39, 0.29) is 24.4 Å². The van der Waals surface area contributed by atoms with Crippen LogP contribution in [0.25, 0.3) is 0 Å². The predicted molar refractivity (Wildman–Crippen MR) is 81.5 cm³/mol. The van der Waals surface area contributed by atoms with E-state index in [2.05, 4.69) is 15.4 Å². The van der Waals surface area contributed by atoms with E-state index in [1.807, 2.05) is 0 Å². The molecule has 1 saturated heterocycles. The zero-order valence-corrected chi connectivity index (χ0v) is 13.1. The van der Waals surface area contributed by atoms with E-state index in [9.17, 15) is 13.6 Å². The van der Waals surface area contributed by atoms with Crippen molar-refractivity contribution in [2.75, 3.05) is 19.7 Å². The number of hydrogen-bond acceptors (Lipinski definition) is 4. The van der Waals surface area contributed by atoms with Gasteiger partial charge in [-0.25, -0.2) is 0 Å². The van der Waals surface area contributed by atoms with Gasteiger partial charge >= 0.3 is 6.61 Å². The van der Waals surface area contributed by atoms with E-state index >= 15 is 0 Å². The van der Waals surface area contributed by atoms with Crippen LogP contribution in [0, 0.1) is 0 Å². The van der Waals surface area contributed by atoms with E-state index in [1.54, 1.807) is 25.1 Å². The van der Waals surface area contributed by atoms with Crippen molar-refractivity contribution >= 4 is 5.91 Å². The molecule has 0 radical (unpaired) electrons. The summed E-state index contributed by atoms with van der Waals surface area (Å²) in [5.41, 5.74) is 0.503. The number of ether oxygens (including phenoxy) is 2. The van der Waals surface area contributed by atoms with E-state index in [0.717, 1.165) is 25.9 Å². The second kappa shape index (κ2) is 8.79. The van der Waals surface area contributed by atoms with Crippen LogP contribution in [0.3, 0.4) is 0 Å². The maximum absolute atomic E-state index is 12.4. The van der Waals surface area contributed by atoms with Crippen LogP contribution >= 0.6 is 0 Å². The number of benzene rings is 1. The molecule has 1 amide bonds. The number of alkyl halides is 2. The molecule has 5 nitrogen and oxygen atoms in total. The largest absolute Gasteiger partial charge is 0.434 e. The first-order valence-corrected chi connectivity index (χ1v) is 7.71. The molecule has 1 aromatic rings. The number of amides is 1. The summed E-state index contributed by atoms with van der Waals surface area (Å²) in [6.07, 6.45) is 1.86. The fourth-order valence-electron chi connectivity index (χ4n) is 2.56. The van der Waals surface area contributed by atoms with Gasteiger partial charge in [0.25, 0.3) is 0 Å². The maximum atomic E-state index is 12.4. The highest BCUT2D eigenvalue weighted by atomic mass is 19.3. The third-order valence-corrected chi connectivity index (χ3v) is 3.72. The summed E-state index contributed by atoms with van der Waals surface area (Å²) in [4.78, 5) is 12.0. The molecule has 1 fully saturated rings. The molecule has 2 N–H and O–H groups in total. The molecule has 1 heterocycles. The van der Waals surface area contributed by atoms with Crippen molar-refractivity contribution in [3.63, 3.8) is 0 Å². The monoisotopic (exact) mass is 328 g/mol. The van der Waals surface area contributed by atoms with Crippen LogP contribution in [0.1, 0.15) is 31.4 Å². The molecule has 7 heteroatoms. The average molecular weight is 328 g/mol. The molecule has 2 rings (SSSR count). The van der Waals surface area contributed by atoms with Crippen molar-refractivity contribution in [2.45, 2.75) is 38.5 Å². The number of halogens is 2.